The van der Waals surface area contributed by atoms with Crippen LogP contribution in [-0.4, -0.2) is 19.5 Å². The molecule has 0 radical (unpaired) electrons. The van der Waals surface area contributed by atoms with E-state index in [-0.39, 0.29) is 0 Å². The van der Waals surface area contributed by atoms with Crippen LogP contribution in [0.25, 0.3) is 11.2 Å². The molecule has 3 heterocycles. The highest BCUT2D eigenvalue weighted by Crippen LogP contribution is 2.20. The molecule has 3 aromatic heterocycles. The highest BCUT2D eigenvalue weighted by atomic mass is 79.9. The van der Waals surface area contributed by atoms with E-state index in [4.69, 9.17) is 11.6 Å². The van der Waals surface area contributed by atoms with Gasteiger partial charge in [-0.15, -0.1) is 11.6 Å². The van der Waals surface area contributed by atoms with E-state index >= 15 is 0 Å². The van der Waals surface area contributed by atoms with Gasteiger partial charge < -0.3 is 4.57 Å². The predicted octanol–water partition coefficient (Wildman–Crippen LogP) is 3.57. The zero-order valence-corrected chi connectivity index (χ0v) is 13.0. The number of aromatic nitrogens is 4. The molecule has 0 spiro atoms. The molecule has 102 valence electrons. The van der Waals surface area contributed by atoms with E-state index in [0.717, 1.165) is 34.4 Å². The summed E-state index contributed by atoms with van der Waals surface area (Å²) in [4.78, 5) is 13.0. The SMILES string of the molecule is ClCc1nc2cc(Br)cnc2n1CCc1ccncc1. The van der Waals surface area contributed by atoms with Crippen molar-refractivity contribution in [3.8, 4) is 0 Å². The van der Waals surface area contributed by atoms with Crippen LogP contribution in [0.15, 0.2) is 41.3 Å². The monoisotopic (exact) mass is 350 g/mol. The van der Waals surface area contributed by atoms with E-state index in [1.54, 1.807) is 18.6 Å². The topological polar surface area (TPSA) is 43.6 Å². The van der Waals surface area contributed by atoms with E-state index in [9.17, 15) is 0 Å². The molecule has 0 amide bonds. The van der Waals surface area contributed by atoms with Crippen molar-refractivity contribution in [2.75, 3.05) is 0 Å². The first-order valence-electron chi connectivity index (χ1n) is 6.23. The van der Waals surface area contributed by atoms with Gasteiger partial charge in [0.25, 0.3) is 0 Å². The van der Waals surface area contributed by atoms with Gasteiger partial charge in [-0.3, -0.25) is 4.98 Å². The maximum atomic E-state index is 5.99. The molecule has 0 aromatic carbocycles. The minimum absolute atomic E-state index is 0.379. The molecule has 0 aliphatic rings. The summed E-state index contributed by atoms with van der Waals surface area (Å²) < 4.78 is 3.00. The Hall–Kier alpha value is -1.46. The first-order valence-corrected chi connectivity index (χ1v) is 7.56. The number of nitrogens with zero attached hydrogens (tertiary/aromatic N) is 4. The van der Waals surface area contributed by atoms with Crippen LogP contribution in [0, 0.1) is 0 Å². The lowest BCUT2D eigenvalue weighted by Gasteiger charge is -2.07. The van der Waals surface area contributed by atoms with Crippen molar-refractivity contribution < 1.29 is 0 Å². The van der Waals surface area contributed by atoms with Crippen LogP contribution in [0.1, 0.15) is 11.4 Å². The number of fused-ring (bicyclic) bond motifs is 1. The molecule has 4 nitrogen and oxygen atoms in total. The number of aryl methyl sites for hydroxylation is 2. The molecule has 6 heteroatoms. The van der Waals surface area contributed by atoms with Gasteiger partial charge in [-0.25, -0.2) is 9.97 Å². The molecule has 3 rings (SSSR count). The summed E-state index contributed by atoms with van der Waals surface area (Å²) in [5, 5.41) is 0. The second kappa shape index (κ2) is 5.89. The third-order valence-electron chi connectivity index (χ3n) is 3.12. The number of pyridine rings is 2. The number of alkyl halides is 1. The summed E-state index contributed by atoms with van der Waals surface area (Å²) in [6, 6.07) is 5.99. The third kappa shape index (κ3) is 2.69. The van der Waals surface area contributed by atoms with Gasteiger partial charge in [-0.05, 0) is 46.1 Å². The molecule has 0 saturated carbocycles. The van der Waals surface area contributed by atoms with Crippen molar-refractivity contribution in [2.24, 2.45) is 0 Å². The lowest BCUT2D eigenvalue weighted by Crippen LogP contribution is -2.06. The van der Waals surface area contributed by atoms with Gasteiger partial charge in [0.05, 0.1) is 5.88 Å². The van der Waals surface area contributed by atoms with Crippen molar-refractivity contribution in [3.05, 3.63) is 52.7 Å². The van der Waals surface area contributed by atoms with E-state index < -0.39 is 0 Å². The Balaban J connectivity index is 1.93. The third-order valence-corrected chi connectivity index (χ3v) is 3.80. The number of hydrogen-bond donors (Lipinski definition) is 0. The quantitative estimate of drug-likeness (QED) is 0.675. The molecule has 0 aliphatic heterocycles. The molecule has 3 aromatic rings. The Morgan fingerprint density at radius 1 is 1.25 bits per heavy atom. The molecule has 0 N–H and O–H groups in total. The van der Waals surface area contributed by atoms with Gasteiger partial charge >= 0.3 is 0 Å². The molecule has 0 saturated heterocycles. The Morgan fingerprint density at radius 2 is 2.05 bits per heavy atom. The van der Waals surface area contributed by atoms with E-state index in [0.29, 0.717) is 5.88 Å². The van der Waals surface area contributed by atoms with Gasteiger partial charge in [-0.2, -0.15) is 0 Å². The maximum Gasteiger partial charge on any atom is 0.160 e. The number of hydrogen-bond acceptors (Lipinski definition) is 3. The fourth-order valence-electron chi connectivity index (χ4n) is 2.16. The zero-order valence-electron chi connectivity index (χ0n) is 10.6. The summed E-state index contributed by atoms with van der Waals surface area (Å²) >= 11 is 9.40. The van der Waals surface area contributed by atoms with Crippen molar-refractivity contribution in [2.45, 2.75) is 18.8 Å². The average molecular weight is 352 g/mol. The van der Waals surface area contributed by atoms with Gasteiger partial charge in [0.2, 0.25) is 0 Å². The minimum atomic E-state index is 0.379. The van der Waals surface area contributed by atoms with Crippen molar-refractivity contribution in [3.63, 3.8) is 0 Å². The minimum Gasteiger partial charge on any atom is -0.311 e. The molecule has 20 heavy (non-hydrogen) atoms. The molecule has 0 unspecified atom stereocenters. The van der Waals surface area contributed by atoms with Crippen LogP contribution < -0.4 is 0 Å². The molecular formula is C14H12BrClN4. The molecular weight excluding hydrogens is 340 g/mol. The Kier molecular flexibility index (Phi) is 3.98. The Morgan fingerprint density at radius 3 is 2.80 bits per heavy atom. The van der Waals surface area contributed by atoms with Gasteiger partial charge in [0.15, 0.2) is 5.65 Å². The van der Waals surface area contributed by atoms with Gasteiger partial charge in [0.1, 0.15) is 11.3 Å². The summed E-state index contributed by atoms with van der Waals surface area (Å²) in [7, 11) is 0. The molecule has 0 fully saturated rings. The fourth-order valence-corrected chi connectivity index (χ4v) is 2.68. The lowest BCUT2D eigenvalue weighted by atomic mass is 10.2. The second-order valence-electron chi connectivity index (χ2n) is 4.42. The summed E-state index contributed by atoms with van der Waals surface area (Å²) in [6.45, 7) is 0.803. The maximum absolute atomic E-state index is 5.99. The Labute approximate surface area is 130 Å². The highest BCUT2D eigenvalue weighted by molar-refractivity contribution is 9.10. The van der Waals surface area contributed by atoms with Gasteiger partial charge in [0, 0.05) is 29.6 Å². The number of rotatable bonds is 4. The summed E-state index contributed by atoms with van der Waals surface area (Å²) in [6.07, 6.45) is 6.29. The van der Waals surface area contributed by atoms with Gasteiger partial charge in [-0.1, -0.05) is 0 Å². The number of halogens is 2. The molecule has 0 aliphatic carbocycles. The average Bonchev–Trinajstić information content (AvgIpc) is 2.83. The largest absolute Gasteiger partial charge is 0.311 e. The predicted molar refractivity (Wildman–Crippen MR) is 82.7 cm³/mol. The van der Waals surface area contributed by atoms with Crippen LogP contribution in [-0.2, 0) is 18.8 Å². The van der Waals surface area contributed by atoms with Crippen LogP contribution in [0.4, 0.5) is 0 Å². The zero-order chi connectivity index (χ0) is 13.9. The van der Waals surface area contributed by atoms with E-state index in [1.165, 1.54) is 5.56 Å². The van der Waals surface area contributed by atoms with Crippen molar-refractivity contribution in [1.29, 1.82) is 0 Å². The van der Waals surface area contributed by atoms with Crippen LogP contribution >= 0.6 is 27.5 Å². The van der Waals surface area contributed by atoms with Crippen LogP contribution in [0.3, 0.4) is 0 Å². The van der Waals surface area contributed by atoms with Crippen LogP contribution in [0.2, 0.25) is 0 Å². The Bertz CT molecular complexity index is 727. The first-order chi connectivity index (χ1) is 9.78. The van der Waals surface area contributed by atoms with E-state index in [2.05, 4.69) is 35.4 Å². The van der Waals surface area contributed by atoms with E-state index in [1.807, 2.05) is 18.2 Å². The number of imidazole rings is 1. The van der Waals surface area contributed by atoms with Crippen molar-refractivity contribution in [1.82, 2.24) is 19.5 Å². The first kappa shape index (κ1) is 13.5. The molecule has 0 bridgehead atoms. The highest BCUT2D eigenvalue weighted by Gasteiger charge is 2.11. The normalized spacial score (nSPS) is 11.1. The smallest absolute Gasteiger partial charge is 0.160 e. The second-order valence-corrected chi connectivity index (χ2v) is 5.60. The van der Waals surface area contributed by atoms with Crippen LogP contribution in [0.5, 0.6) is 0 Å². The fraction of sp³-hybridized carbons (Fsp3) is 0.214. The van der Waals surface area contributed by atoms with Crippen molar-refractivity contribution >= 4 is 38.7 Å². The summed E-state index contributed by atoms with van der Waals surface area (Å²) in [5.41, 5.74) is 2.97. The summed E-state index contributed by atoms with van der Waals surface area (Å²) in [5.74, 6) is 1.23. The standard InChI is InChI=1S/C14H12BrClN4/c15-11-7-12-14(18-9-11)20(13(8-16)19-12)6-3-10-1-4-17-5-2-10/h1-2,4-5,7,9H,3,6,8H2. The lowest BCUT2D eigenvalue weighted by molar-refractivity contribution is 0.682. The molecule has 0 atom stereocenters.